The molecule has 2 aromatic rings. The maximum atomic E-state index is 12.9. The third-order valence-corrected chi connectivity index (χ3v) is 5.08. The van der Waals surface area contributed by atoms with Gasteiger partial charge in [0.05, 0.1) is 12.2 Å². The van der Waals surface area contributed by atoms with E-state index in [4.69, 9.17) is 9.47 Å². The molecule has 1 aliphatic rings. The first-order chi connectivity index (χ1) is 13.2. The molecule has 1 aliphatic carbocycles. The summed E-state index contributed by atoms with van der Waals surface area (Å²) in [7, 11) is 1.71. The number of ether oxygens (including phenoxy) is 2. The highest BCUT2D eigenvalue weighted by atomic mass is 19.1. The van der Waals surface area contributed by atoms with Crippen LogP contribution >= 0.6 is 0 Å². The van der Waals surface area contributed by atoms with Crippen molar-refractivity contribution < 1.29 is 18.7 Å². The van der Waals surface area contributed by atoms with Crippen molar-refractivity contribution in [2.24, 2.45) is 5.92 Å². The van der Waals surface area contributed by atoms with Crippen LogP contribution < -0.4 is 4.74 Å². The van der Waals surface area contributed by atoms with Gasteiger partial charge >= 0.3 is 5.97 Å². The Morgan fingerprint density at radius 2 is 1.70 bits per heavy atom. The van der Waals surface area contributed by atoms with E-state index in [1.807, 2.05) is 24.3 Å². The summed E-state index contributed by atoms with van der Waals surface area (Å²) in [6.45, 7) is 0.676. The fraction of sp³-hybridized carbons (Fsp3) is 0.348. The lowest BCUT2D eigenvalue weighted by Gasteiger charge is -2.27. The van der Waals surface area contributed by atoms with Gasteiger partial charge in [0.1, 0.15) is 11.6 Å². The number of allylic oxidation sites excluding steroid dienone is 1. The Kier molecular flexibility index (Phi) is 6.77. The maximum absolute atomic E-state index is 12.9. The lowest BCUT2D eigenvalue weighted by molar-refractivity contribution is 0.0734. The van der Waals surface area contributed by atoms with E-state index in [2.05, 4.69) is 12.2 Å². The number of methoxy groups -OCH3 is 1. The van der Waals surface area contributed by atoms with Crippen molar-refractivity contribution in [3.63, 3.8) is 0 Å². The summed E-state index contributed by atoms with van der Waals surface area (Å²) in [5.74, 6) is 0.731. The van der Waals surface area contributed by atoms with Gasteiger partial charge in [-0.3, -0.25) is 0 Å². The zero-order valence-corrected chi connectivity index (χ0v) is 15.6. The lowest BCUT2D eigenvalue weighted by atomic mass is 9.78. The molecule has 4 heteroatoms. The molecule has 3 rings (SSSR count). The van der Waals surface area contributed by atoms with Crippen molar-refractivity contribution in [2.75, 3.05) is 13.7 Å². The number of esters is 1. The SMILES string of the molecule is COC/C=C/[C@H]1CC[C@H](c2ccc(C(=O)Oc3ccc(F)cc3)cc2)CC1. The van der Waals surface area contributed by atoms with Gasteiger partial charge in [0, 0.05) is 7.11 Å². The van der Waals surface area contributed by atoms with Gasteiger partial charge in [0.25, 0.3) is 0 Å². The van der Waals surface area contributed by atoms with E-state index in [1.54, 1.807) is 7.11 Å². The molecule has 0 amide bonds. The summed E-state index contributed by atoms with van der Waals surface area (Å²) in [4.78, 5) is 12.2. The fourth-order valence-corrected chi connectivity index (χ4v) is 3.55. The minimum atomic E-state index is -0.430. The summed E-state index contributed by atoms with van der Waals surface area (Å²) in [5.41, 5.74) is 1.77. The molecular formula is C23H25FO3. The molecule has 0 atom stereocenters. The van der Waals surface area contributed by atoms with Crippen LogP contribution in [0.5, 0.6) is 5.75 Å². The van der Waals surface area contributed by atoms with Crippen LogP contribution in [0.2, 0.25) is 0 Å². The standard InChI is InChI=1S/C23H25FO3/c1-26-16-2-3-17-4-6-18(7-5-17)19-8-10-20(11-9-19)23(25)27-22-14-12-21(24)13-15-22/h2-3,8-15,17-18H,4-7,16H2,1H3/b3-2+/t17-,18-. The van der Waals surface area contributed by atoms with Crippen molar-refractivity contribution in [3.05, 3.63) is 77.6 Å². The largest absolute Gasteiger partial charge is 0.423 e. The van der Waals surface area contributed by atoms with Crippen LogP contribution in [0.3, 0.4) is 0 Å². The lowest BCUT2D eigenvalue weighted by Crippen LogP contribution is -2.12. The van der Waals surface area contributed by atoms with Crippen LogP contribution in [0.4, 0.5) is 4.39 Å². The average molecular weight is 368 g/mol. The van der Waals surface area contributed by atoms with Crippen LogP contribution in [-0.2, 0) is 4.74 Å². The Morgan fingerprint density at radius 1 is 1.04 bits per heavy atom. The Labute approximate surface area is 159 Å². The summed E-state index contributed by atoms with van der Waals surface area (Å²) >= 11 is 0. The molecule has 2 aromatic carbocycles. The Morgan fingerprint density at radius 3 is 2.33 bits per heavy atom. The number of carbonyl (C=O) groups is 1. The third kappa shape index (κ3) is 5.51. The first kappa shape index (κ1) is 19.3. The van der Waals surface area contributed by atoms with Gasteiger partial charge in [0.15, 0.2) is 0 Å². The van der Waals surface area contributed by atoms with E-state index in [0.717, 1.165) is 12.8 Å². The summed E-state index contributed by atoms with van der Waals surface area (Å²) in [5, 5.41) is 0. The highest BCUT2D eigenvalue weighted by Gasteiger charge is 2.21. The van der Waals surface area contributed by atoms with E-state index in [9.17, 15) is 9.18 Å². The minimum absolute atomic E-state index is 0.338. The zero-order valence-electron chi connectivity index (χ0n) is 15.6. The van der Waals surface area contributed by atoms with Crippen molar-refractivity contribution in [1.29, 1.82) is 0 Å². The highest BCUT2D eigenvalue weighted by molar-refractivity contribution is 5.91. The molecule has 0 aromatic heterocycles. The summed E-state index contributed by atoms with van der Waals surface area (Å²) in [6, 6.07) is 13.1. The van der Waals surface area contributed by atoms with E-state index < -0.39 is 5.97 Å². The van der Waals surface area contributed by atoms with Gasteiger partial charge in [-0.25, -0.2) is 9.18 Å². The molecule has 1 saturated carbocycles. The Bertz CT molecular complexity index is 757. The van der Waals surface area contributed by atoms with Crippen LogP contribution in [0, 0.1) is 11.7 Å². The number of carbonyl (C=O) groups excluding carboxylic acids is 1. The van der Waals surface area contributed by atoms with Gasteiger partial charge in [0.2, 0.25) is 0 Å². The predicted octanol–water partition coefficient (Wildman–Crippen LogP) is 5.52. The molecule has 1 fully saturated rings. The average Bonchev–Trinajstić information content (AvgIpc) is 2.70. The van der Waals surface area contributed by atoms with Gasteiger partial charge in [-0.2, -0.15) is 0 Å². The third-order valence-electron chi connectivity index (χ3n) is 5.08. The van der Waals surface area contributed by atoms with E-state index in [-0.39, 0.29) is 5.82 Å². The number of halogens is 1. The first-order valence-electron chi connectivity index (χ1n) is 9.39. The molecule has 27 heavy (non-hydrogen) atoms. The topological polar surface area (TPSA) is 35.5 Å². The van der Waals surface area contributed by atoms with Gasteiger partial charge < -0.3 is 9.47 Å². The maximum Gasteiger partial charge on any atom is 0.343 e. The second-order valence-corrected chi connectivity index (χ2v) is 6.96. The number of hydrogen-bond donors (Lipinski definition) is 0. The molecule has 0 spiro atoms. The van der Waals surface area contributed by atoms with Crippen molar-refractivity contribution in [1.82, 2.24) is 0 Å². The quantitative estimate of drug-likeness (QED) is 0.382. The molecule has 0 aliphatic heterocycles. The molecule has 0 heterocycles. The van der Waals surface area contributed by atoms with Gasteiger partial charge in [-0.15, -0.1) is 0 Å². The zero-order chi connectivity index (χ0) is 19.1. The molecule has 3 nitrogen and oxygen atoms in total. The number of rotatable bonds is 6. The second kappa shape index (κ2) is 9.47. The Hall–Kier alpha value is -2.46. The fourth-order valence-electron chi connectivity index (χ4n) is 3.55. The van der Waals surface area contributed by atoms with Crippen LogP contribution in [0.1, 0.15) is 47.5 Å². The molecule has 0 N–H and O–H groups in total. The molecule has 0 saturated heterocycles. The molecule has 142 valence electrons. The van der Waals surface area contributed by atoms with Crippen molar-refractivity contribution in [2.45, 2.75) is 31.6 Å². The Balaban J connectivity index is 1.54. The number of hydrogen-bond acceptors (Lipinski definition) is 3. The van der Waals surface area contributed by atoms with Crippen LogP contribution in [0.25, 0.3) is 0 Å². The second-order valence-electron chi connectivity index (χ2n) is 6.96. The monoisotopic (exact) mass is 368 g/mol. The van der Waals surface area contributed by atoms with Crippen LogP contribution in [0.15, 0.2) is 60.7 Å². The van der Waals surface area contributed by atoms with E-state index >= 15 is 0 Å². The van der Waals surface area contributed by atoms with E-state index in [1.165, 1.54) is 42.7 Å². The van der Waals surface area contributed by atoms with Gasteiger partial charge in [-0.05, 0) is 79.5 Å². The normalized spacial score (nSPS) is 19.9. The van der Waals surface area contributed by atoms with Crippen molar-refractivity contribution >= 4 is 5.97 Å². The highest BCUT2D eigenvalue weighted by Crippen LogP contribution is 2.36. The summed E-state index contributed by atoms with van der Waals surface area (Å²) in [6.07, 6.45) is 9.04. The van der Waals surface area contributed by atoms with Crippen molar-refractivity contribution in [3.8, 4) is 5.75 Å². The number of benzene rings is 2. The molecular weight excluding hydrogens is 343 g/mol. The molecule has 0 radical (unpaired) electrons. The summed E-state index contributed by atoms with van der Waals surface area (Å²) < 4.78 is 23.3. The van der Waals surface area contributed by atoms with Crippen LogP contribution in [-0.4, -0.2) is 19.7 Å². The predicted molar refractivity (Wildman–Crippen MR) is 104 cm³/mol. The minimum Gasteiger partial charge on any atom is -0.423 e. The molecule has 0 bridgehead atoms. The molecule has 0 unspecified atom stereocenters. The smallest absolute Gasteiger partial charge is 0.343 e. The van der Waals surface area contributed by atoms with Gasteiger partial charge in [-0.1, -0.05) is 24.3 Å². The first-order valence-corrected chi connectivity index (χ1v) is 9.39. The van der Waals surface area contributed by atoms with E-state index in [0.29, 0.717) is 29.8 Å².